The molecule has 0 saturated heterocycles. The number of rotatable bonds is 5. The average Bonchev–Trinajstić information content (AvgIpc) is 2.89. The smallest absolute Gasteiger partial charge is 0.00706 e. The second-order valence-electron chi connectivity index (χ2n) is 6.20. The van der Waals surface area contributed by atoms with Crippen molar-refractivity contribution in [3.05, 3.63) is 22.4 Å². The molecule has 1 unspecified atom stereocenters. The van der Waals surface area contributed by atoms with Gasteiger partial charge in [0.2, 0.25) is 0 Å². The predicted molar refractivity (Wildman–Crippen MR) is 80.9 cm³/mol. The zero-order chi connectivity index (χ0) is 13.0. The molecule has 1 aliphatic carbocycles. The number of thiophene rings is 1. The fourth-order valence-corrected chi connectivity index (χ4v) is 3.96. The van der Waals surface area contributed by atoms with Crippen molar-refractivity contribution in [3.8, 4) is 0 Å². The van der Waals surface area contributed by atoms with Crippen LogP contribution in [0.3, 0.4) is 0 Å². The molecule has 1 aliphatic rings. The molecule has 1 aromatic heterocycles. The van der Waals surface area contributed by atoms with E-state index in [0.29, 0.717) is 6.04 Å². The third-order valence-corrected chi connectivity index (χ3v) is 5.61. The van der Waals surface area contributed by atoms with Crippen LogP contribution in [0.2, 0.25) is 0 Å². The monoisotopic (exact) mass is 265 g/mol. The Balaban J connectivity index is 1.72. The van der Waals surface area contributed by atoms with Gasteiger partial charge in [-0.3, -0.25) is 0 Å². The van der Waals surface area contributed by atoms with E-state index in [1.165, 1.54) is 37.0 Å². The van der Waals surface area contributed by atoms with Gasteiger partial charge in [0.15, 0.2) is 0 Å². The number of nitrogens with two attached hydrogens (primary N) is 1. The lowest BCUT2D eigenvalue weighted by Crippen LogP contribution is -2.34. The molecule has 2 rings (SSSR count). The summed E-state index contributed by atoms with van der Waals surface area (Å²) in [5.74, 6) is 2.58. The van der Waals surface area contributed by atoms with Crippen molar-refractivity contribution in [2.45, 2.75) is 58.4 Å². The Morgan fingerprint density at radius 2 is 1.89 bits per heavy atom. The Morgan fingerprint density at radius 3 is 2.44 bits per heavy atom. The molecule has 0 radical (unpaired) electrons. The zero-order valence-electron chi connectivity index (χ0n) is 11.8. The molecule has 0 bridgehead atoms. The summed E-state index contributed by atoms with van der Waals surface area (Å²) >= 11 is 1.86. The lowest BCUT2D eigenvalue weighted by Gasteiger charge is -2.34. The normalized spacial score (nSPS) is 26.4. The standard InChI is InChI=1S/C16H27NS/c1-12(2)13-5-7-14(8-6-13)16(17)10-9-15-4-3-11-18-15/h3-4,11-14,16H,5-10,17H2,1-2H3. The molecule has 0 aliphatic heterocycles. The molecule has 2 N–H and O–H groups in total. The molecule has 18 heavy (non-hydrogen) atoms. The van der Waals surface area contributed by atoms with Crippen LogP contribution in [0.5, 0.6) is 0 Å². The van der Waals surface area contributed by atoms with Gasteiger partial charge >= 0.3 is 0 Å². The highest BCUT2D eigenvalue weighted by molar-refractivity contribution is 7.09. The summed E-state index contributed by atoms with van der Waals surface area (Å²) in [6, 6.07) is 4.78. The van der Waals surface area contributed by atoms with Crippen molar-refractivity contribution in [1.29, 1.82) is 0 Å². The topological polar surface area (TPSA) is 26.0 Å². The van der Waals surface area contributed by atoms with Crippen LogP contribution in [0.15, 0.2) is 17.5 Å². The first-order valence-corrected chi connectivity index (χ1v) is 8.32. The van der Waals surface area contributed by atoms with Crippen LogP contribution in [0.25, 0.3) is 0 Å². The minimum Gasteiger partial charge on any atom is -0.327 e. The summed E-state index contributed by atoms with van der Waals surface area (Å²) in [5, 5.41) is 2.16. The van der Waals surface area contributed by atoms with E-state index in [4.69, 9.17) is 5.73 Å². The fraction of sp³-hybridized carbons (Fsp3) is 0.750. The maximum Gasteiger partial charge on any atom is 0.00706 e. The van der Waals surface area contributed by atoms with Gasteiger partial charge < -0.3 is 5.73 Å². The van der Waals surface area contributed by atoms with E-state index >= 15 is 0 Å². The summed E-state index contributed by atoms with van der Waals surface area (Å²) in [6.45, 7) is 4.73. The lowest BCUT2D eigenvalue weighted by molar-refractivity contribution is 0.199. The molecule has 1 nitrogen and oxygen atoms in total. The van der Waals surface area contributed by atoms with Gasteiger partial charge in [0.1, 0.15) is 0 Å². The zero-order valence-corrected chi connectivity index (χ0v) is 12.6. The van der Waals surface area contributed by atoms with Crippen LogP contribution in [-0.2, 0) is 6.42 Å². The Labute approximate surface area is 116 Å². The third kappa shape index (κ3) is 3.83. The number of hydrogen-bond acceptors (Lipinski definition) is 2. The summed E-state index contributed by atoms with van der Waals surface area (Å²) in [6.07, 6.45) is 7.84. The second kappa shape index (κ2) is 6.72. The highest BCUT2D eigenvalue weighted by Gasteiger charge is 2.26. The Kier molecular flexibility index (Phi) is 5.25. The highest BCUT2D eigenvalue weighted by Crippen LogP contribution is 2.35. The van der Waals surface area contributed by atoms with E-state index in [1.807, 2.05) is 11.3 Å². The van der Waals surface area contributed by atoms with Crippen LogP contribution in [0, 0.1) is 17.8 Å². The molecule has 0 spiro atoms. The molecule has 1 atom stereocenters. The van der Waals surface area contributed by atoms with Crippen molar-refractivity contribution < 1.29 is 0 Å². The molecule has 0 aromatic carbocycles. The van der Waals surface area contributed by atoms with Crippen molar-refractivity contribution in [2.24, 2.45) is 23.5 Å². The molecule has 1 saturated carbocycles. The SMILES string of the molecule is CC(C)C1CCC(C(N)CCc2cccs2)CC1. The molecule has 102 valence electrons. The first-order chi connectivity index (χ1) is 8.66. The maximum absolute atomic E-state index is 6.39. The highest BCUT2D eigenvalue weighted by atomic mass is 32.1. The molecule has 0 amide bonds. The van der Waals surface area contributed by atoms with Crippen LogP contribution in [0.1, 0.15) is 50.8 Å². The van der Waals surface area contributed by atoms with Crippen LogP contribution < -0.4 is 5.73 Å². The summed E-state index contributed by atoms with van der Waals surface area (Å²) in [5.41, 5.74) is 6.39. The van der Waals surface area contributed by atoms with E-state index in [9.17, 15) is 0 Å². The predicted octanol–water partition coefficient (Wildman–Crippen LogP) is 4.47. The van der Waals surface area contributed by atoms with Crippen molar-refractivity contribution >= 4 is 11.3 Å². The molecule has 2 heteroatoms. The molecular formula is C16H27NS. The van der Waals surface area contributed by atoms with Crippen molar-refractivity contribution in [2.75, 3.05) is 0 Å². The van der Waals surface area contributed by atoms with Gasteiger partial charge in [0, 0.05) is 10.9 Å². The molecular weight excluding hydrogens is 238 g/mol. The van der Waals surface area contributed by atoms with E-state index < -0.39 is 0 Å². The third-order valence-electron chi connectivity index (χ3n) is 4.67. The largest absolute Gasteiger partial charge is 0.327 e. The van der Waals surface area contributed by atoms with Gasteiger partial charge in [0.25, 0.3) is 0 Å². The Bertz CT molecular complexity index is 323. The number of hydrogen-bond donors (Lipinski definition) is 1. The van der Waals surface area contributed by atoms with Gasteiger partial charge in [-0.2, -0.15) is 0 Å². The van der Waals surface area contributed by atoms with E-state index in [-0.39, 0.29) is 0 Å². The second-order valence-corrected chi connectivity index (χ2v) is 7.23. The minimum atomic E-state index is 0.417. The van der Waals surface area contributed by atoms with Crippen molar-refractivity contribution in [1.82, 2.24) is 0 Å². The Morgan fingerprint density at radius 1 is 1.22 bits per heavy atom. The lowest BCUT2D eigenvalue weighted by atomic mass is 9.74. The van der Waals surface area contributed by atoms with Gasteiger partial charge in [-0.05, 0) is 67.7 Å². The Hall–Kier alpha value is -0.340. The van der Waals surface area contributed by atoms with Gasteiger partial charge in [-0.15, -0.1) is 11.3 Å². The summed E-state index contributed by atoms with van der Waals surface area (Å²) in [4.78, 5) is 1.49. The number of aryl methyl sites for hydroxylation is 1. The average molecular weight is 265 g/mol. The van der Waals surface area contributed by atoms with Crippen molar-refractivity contribution in [3.63, 3.8) is 0 Å². The van der Waals surface area contributed by atoms with Crippen LogP contribution in [0.4, 0.5) is 0 Å². The van der Waals surface area contributed by atoms with E-state index in [2.05, 4.69) is 31.4 Å². The van der Waals surface area contributed by atoms with Gasteiger partial charge in [0.05, 0.1) is 0 Å². The molecule has 1 fully saturated rings. The van der Waals surface area contributed by atoms with Crippen LogP contribution in [-0.4, -0.2) is 6.04 Å². The van der Waals surface area contributed by atoms with E-state index in [1.54, 1.807) is 0 Å². The summed E-state index contributed by atoms with van der Waals surface area (Å²) < 4.78 is 0. The maximum atomic E-state index is 6.39. The first-order valence-electron chi connectivity index (χ1n) is 7.44. The molecule has 1 aromatic rings. The fourth-order valence-electron chi connectivity index (χ4n) is 3.24. The van der Waals surface area contributed by atoms with Crippen LogP contribution >= 0.6 is 11.3 Å². The van der Waals surface area contributed by atoms with Gasteiger partial charge in [-0.25, -0.2) is 0 Å². The quantitative estimate of drug-likeness (QED) is 0.835. The first kappa shape index (κ1) is 14.1. The van der Waals surface area contributed by atoms with E-state index in [0.717, 1.165) is 24.2 Å². The molecule has 1 heterocycles. The minimum absolute atomic E-state index is 0.417. The summed E-state index contributed by atoms with van der Waals surface area (Å²) in [7, 11) is 0. The van der Waals surface area contributed by atoms with Gasteiger partial charge in [-0.1, -0.05) is 19.9 Å².